The van der Waals surface area contributed by atoms with Gasteiger partial charge in [0.25, 0.3) is 0 Å². The molecule has 1 saturated heterocycles. The van der Waals surface area contributed by atoms with Crippen LogP contribution in [-0.4, -0.2) is 34.7 Å². The Kier molecular flexibility index (Phi) is 5.64. The molecule has 1 aromatic heterocycles. The van der Waals surface area contributed by atoms with E-state index in [-0.39, 0.29) is 0 Å². The molecule has 1 fully saturated rings. The van der Waals surface area contributed by atoms with Crippen LogP contribution in [0.5, 0.6) is 0 Å². The van der Waals surface area contributed by atoms with Gasteiger partial charge in [-0.05, 0) is 43.2 Å². The van der Waals surface area contributed by atoms with Crippen LogP contribution < -0.4 is 0 Å². The number of aromatic amines is 1. The molecule has 0 aromatic carbocycles. The monoisotopic (exact) mass is 277 g/mol. The third-order valence-corrected chi connectivity index (χ3v) is 4.56. The van der Waals surface area contributed by atoms with Gasteiger partial charge in [-0.15, -0.1) is 0 Å². The van der Waals surface area contributed by atoms with Gasteiger partial charge in [0.1, 0.15) is 0 Å². The molecule has 114 valence electrons. The molecule has 0 amide bonds. The summed E-state index contributed by atoms with van der Waals surface area (Å²) in [5.41, 5.74) is 2.85. The molecule has 20 heavy (non-hydrogen) atoms. The summed E-state index contributed by atoms with van der Waals surface area (Å²) in [6.07, 6.45) is 7.10. The predicted molar refractivity (Wildman–Crippen MR) is 85.0 cm³/mol. The van der Waals surface area contributed by atoms with Gasteiger partial charge >= 0.3 is 0 Å². The number of aromatic nitrogens is 2. The normalized spacial score (nSPS) is 22.4. The van der Waals surface area contributed by atoms with E-state index in [4.69, 9.17) is 0 Å². The molecule has 0 radical (unpaired) electrons. The van der Waals surface area contributed by atoms with Crippen molar-refractivity contribution in [3.05, 3.63) is 17.5 Å². The van der Waals surface area contributed by atoms with E-state index < -0.39 is 0 Å². The minimum Gasteiger partial charge on any atom is -0.302 e. The third-order valence-electron chi connectivity index (χ3n) is 4.56. The maximum Gasteiger partial charge on any atom is 0.0522 e. The number of nitrogens with zero attached hydrogens (tertiary/aromatic N) is 2. The molecule has 3 heteroatoms. The molecular formula is C17H31N3. The largest absolute Gasteiger partial charge is 0.302 e. The van der Waals surface area contributed by atoms with Crippen LogP contribution in [0.1, 0.15) is 64.1 Å². The fraction of sp³-hybridized carbons (Fsp3) is 0.824. The first-order valence-corrected chi connectivity index (χ1v) is 8.34. The van der Waals surface area contributed by atoms with Gasteiger partial charge in [0.2, 0.25) is 0 Å². The fourth-order valence-electron chi connectivity index (χ4n) is 3.30. The Morgan fingerprint density at radius 2 is 2.20 bits per heavy atom. The Hall–Kier alpha value is -0.830. The van der Waals surface area contributed by atoms with Gasteiger partial charge in [-0.3, -0.25) is 5.10 Å². The van der Waals surface area contributed by atoms with Crippen LogP contribution in [0.3, 0.4) is 0 Å². The average molecular weight is 277 g/mol. The van der Waals surface area contributed by atoms with Crippen LogP contribution in [-0.2, 0) is 6.42 Å². The molecule has 0 saturated carbocycles. The zero-order valence-corrected chi connectivity index (χ0v) is 13.7. The zero-order valence-electron chi connectivity index (χ0n) is 13.7. The topological polar surface area (TPSA) is 31.9 Å². The summed E-state index contributed by atoms with van der Waals surface area (Å²) in [6, 6.07) is 0. The number of rotatable bonds is 6. The number of H-pyrrole nitrogens is 1. The first kappa shape index (κ1) is 15.6. The Morgan fingerprint density at radius 1 is 1.40 bits per heavy atom. The van der Waals surface area contributed by atoms with Crippen molar-refractivity contribution in [3.63, 3.8) is 0 Å². The van der Waals surface area contributed by atoms with Gasteiger partial charge in [-0.1, -0.05) is 34.1 Å². The van der Waals surface area contributed by atoms with E-state index in [0.717, 1.165) is 12.3 Å². The highest BCUT2D eigenvalue weighted by molar-refractivity contribution is 5.22. The number of likely N-dealkylation sites (tertiary alicyclic amines) is 1. The van der Waals surface area contributed by atoms with Crippen molar-refractivity contribution in [2.45, 2.75) is 59.3 Å². The van der Waals surface area contributed by atoms with Gasteiger partial charge in [0, 0.05) is 24.7 Å². The summed E-state index contributed by atoms with van der Waals surface area (Å²) < 4.78 is 0. The lowest BCUT2D eigenvalue weighted by atomic mass is 9.90. The van der Waals surface area contributed by atoms with Gasteiger partial charge in [0.15, 0.2) is 0 Å². The molecule has 3 nitrogen and oxygen atoms in total. The van der Waals surface area contributed by atoms with E-state index in [0.29, 0.717) is 11.8 Å². The number of piperidine rings is 1. The lowest BCUT2D eigenvalue weighted by Gasteiger charge is -2.34. The van der Waals surface area contributed by atoms with E-state index >= 15 is 0 Å². The molecule has 0 aliphatic carbocycles. The van der Waals surface area contributed by atoms with Crippen LogP contribution in [0.25, 0.3) is 0 Å². The lowest BCUT2D eigenvalue weighted by molar-refractivity contribution is 0.180. The van der Waals surface area contributed by atoms with Crippen molar-refractivity contribution in [2.75, 3.05) is 19.6 Å². The SMILES string of the molecule is CCC(C)CN1CCCC(c2[nH]ncc2CC(C)C)C1. The number of nitrogens with one attached hydrogen (secondary N) is 1. The van der Waals surface area contributed by atoms with Crippen molar-refractivity contribution in [3.8, 4) is 0 Å². The first-order chi connectivity index (χ1) is 9.60. The van der Waals surface area contributed by atoms with Crippen molar-refractivity contribution >= 4 is 0 Å². The standard InChI is InChI=1S/C17H31N3/c1-5-14(4)11-20-8-6-7-15(12-20)17-16(9-13(2)3)10-18-19-17/h10,13-15H,5-9,11-12H2,1-4H3,(H,18,19). The fourth-order valence-corrected chi connectivity index (χ4v) is 3.30. The molecule has 1 aliphatic rings. The van der Waals surface area contributed by atoms with Crippen molar-refractivity contribution in [1.29, 1.82) is 0 Å². The molecular weight excluding hydrogens is 246 g/mol. The molecule has 0 spiro atoms. The van der Waals surface area contributed by atoms with Crippen molar-refractivity contribution in [1.82, 2.24) is 15.1 Å². The zero-order chi connectivity index (χ0) is 14.5. The predicted octanol–water partition coefficient (Wildman–Crippen LogP) is 3.83. The second-order valence-electron chi connectivity index (χ2n) is 7.02. The van der Waals surface area contributed by atoms with Gasteiger partial charge < -0.3 is 4.90 Å². The van der Waals surface area contributed by atoms with E-state index in [2.05, 4.69) is 42.8 Å². The molecule has 1 N–H and O–H groups in total. The van der Waals surface area contributed by atoms with Gasteiger partial charge in [0.05, 0.1) is 6.20 Å². The van der Waals surface area contributed by atoms with Crippen LogP contribution in [0.2, 0.25) is 0 Å². The summed E-state index contributed by atoms with van der Waals surface area (Å²) in [5.74, 6) is 2.17. The average Bonchev–Trinajstić information content (AvgIpc) is 2.86. The quantitative estimate of drug-likeness (QED) is 0.857. The minimum atomic E-state index is 0.657. The van der Waals surface area contributed by atoms with Crippen molar-refractivity contribution < 1.29 is 0 Å². The third kappa shape index (κ3) is 4.08. The maximum absolute atomic E-state index is 4.31. The summed E-state index contributed by atoms with van der Waals surface area (Å²) in [7, 11) is 0. The summed E-state index contributed by atoms with van der Waals surface area (Å²) in [6.45, 7) is 13.0. The number of hydrogen-bond donors (Lipinski definition) is 1. The van der Waals surface area contributed by atoms with Crippen LogP contribution in [0, 0.1) is 11.8 Å². The Bertz CT molecular complexity index is 397. The summed E-state index contributed by atoms with van der Waals surface area (Å²) in [4.78, 5) is 2.66. The molecule has 2 unspecified atom stereocenters. The minimum absolute atomic E-state index is 0.657. The Balaban J connectivity index is 2.00. The summed E-state index contributed by atoms with van der Waals surface area (Å²) >= 11 is 0. The number of hydrogen-bond acceptors (Lipinski definition) is 2. The maximum atomic E-state index is 4.31. The van der Waals surface area contributed by atoms with Gasteiger partial charge in [-0.25, -0.2) is 0 Å². The van der Waals surface area contributed by atoms with E-state index in [1.807, 2.05) is 6.20 Å². The first-order valence-electron chi connectivity index (χ1n) is 8.34. The Morgan fingerprint density at radius 3 is 2.90 bits per heavy atom. The Labute approximate surface area is 124 Å². The molecule has 2 atom stereocenters. The highest BCUT2D eigenvalue weighted by Gasteiger charge is 2.25. The van der Waals surface area contributed by atoms with Crippen LogP contribution in [0.15, 0.2) is 6.20 Å². The lowest BCUT2D eigenvalue weighted by Crippen LogP contribution is -2.37. The van der Waals surface area contributed by atoms with E-state index in [1.54, 1.807) is 0 Å². The van der Waals surface area contributed by atoms with Gasteiger partial charge in [-0.2, -0.15) is 5.10 Å². The smallest absolute Gasteiger partial charge is 0.0522 e. The highest BCUT2D eigenvalue weighted by Crippen LogP contribution is 2.29. The van der Waals surface area contributed by atoms with Crippen molar-refractivity contribution in [2.24, 2.45) is 11.8 Å². The second-order valence-corrected chi connectivity index (χ2v) is 7.02. The molecule has 2 rings (SSSR count). The molecule has 1 aromatic rings. The van der Waals surface area contributed by atoms with Crippen LogP contribution >= 0.6 is 0 Å². The summed E-state index contributed by atoms with van der Waals surface area (Å²) in [5, 5.41) is 7.60. The van der Waals surface area contributed by atoms with Crippen LogP contribution in [0.4, 0.5) is 0 Å². The van der Waals surface area contributed by atoms with E-state index in [9.17, 15) is 0 Å². The second kappa shape index (κ2) is 7.26. The molecule has 1 aliphatic heterocycles. The highest BCUT2D eigenvalue weighted by atomic mass is 15.2. The molecule has 0 bridgehead atoms. The molecule has 2 heterocycles. The van der Waals surface area contributed by atoms with E-state index in [1.165, 1.54) is 50.2 Å².